The van der Waals surface area contributed by atoms with E-state index in [2.05, 4.69) is 135 Å². The molecular formula is C42H30O2. The summed E-state index contributed by atoms with van der Waals surface area (Å²) in [6, 6.07) is 44.3. The van der Waals surface area contributed by atoms with Gasteiger partial charge in [0.05, 0.1) is 0 Å². The van der Waals surface area contributed by atoms with Gasteiger partial charge >= 0.3 is 0 Å². The van der Waals surface area contributed by atoms with Crippen molar-refractivity contribution in [1.29, 1.82) is 0 Å². The largest absolute Gasteiger partial charge is 0.456 e. The van der Waals surface area contributed by atoms with Crippen LogP contribution in [0.1, 0.15) is 25.0 Å². The normalized spacial score (nSPS) is 12.0. The van der Waals surface area contributed by atoms with Gasteiger partial charge in [-0.1, -0.05) is 86.6 Å². The van der Waals surface area contributed by atoms with Crippen LogP contribution in [-0.2, 0) is 12.8 Å². The monoisotopic (exact) mass is 566 g/mol. The third-order valence-corrected chi connectivity index (χ3v) is 9.37. The smallest absolute Gasteiger partial charge is 0.136 e. The van der Waals surface area contributed by atoms with Crippen molar-refractivity contribution >= 4 is 65.4 Å². The summed E-state index contributed by atoms with van der Waals surface area (Å²) in [7, 11) is 0. The Labute approximate surface area is 255 Å². The molecule has 44 heavy (non-hydrogen) atoms. The van der Waals surface area contributed by atoms with Crippen molar-refractivity contribution in [3.63, 3.8) is 0 Å². The molecule has 0 fully saturated rings. The maximum absolute atomic E-state index is 6.49. The average Bonchev–Trinajstić information content (AvgIpc) is 3.60. The fraction of sp³-hybridized carbons (Fsp3) is 0.0952. The molecular weight excluding hydrogens is 536 g/mol. The standard InChI is InChI=1S/C42H30O2/c1-3-25-5-9-27(10-6-25)29-13-15-31-19-35-37-23-42-38(24-41(37)43-39(35)21-33(31)17-29)36-20-32-16-14-30(18-34(32)22-40(36)44-42)28-11-7-26(4-2)8-12-28/h5-24H,3-4H2,1-2H3. The molecule has 9 aromatic rings. The summed E-state index contributed by atoms with van der Waals surface area (Å²) in [5.41, 5.74) is 11.2. The van der Waals surface area contributed by atoms with Gasteiger partial charge < -0.3 is 8.83 Å². The molecule has 0 atom stereocenters. The number of benzene rings is 7. The first-order valence-electron chi connectivity index (χ1n) is 15.5. The molecule has 7 aromatic carbocycles. The van der Waals surface area contributed by atoms with Gasteiger partial charge in [0.1, 0.15) is 22.3 Å². The van der Waals surface area contributed by atoms with E-state index in [-0.39, 0.29) is 0 Å². The Balaban J connectivity index is 1.15. The van der Waals surface area contributed by atoms with Gasteiger partial charge in [0.15, 0.2) is 0 Å². The van der Waals surface area contributed by atoms with Crippen LogP contribution in [-0.4, -0.2) is 0 Å². The summed E-state index contributed by atoms with van der Waals surface area (Å²) in [5, 5.41) is 9.13. The van der Waals surface area contributed by atoms with Gasteiger partial charge in [-0.15, -0.1) is 0 Å². The van der Waals surface area contributed by atoms with Crippen molar-refractivity contribution in [1.82, 2.24) is 0 Å². The second-order valence-corrected chi connectivity index (χ2v) is 12.0. The predicted octanol–water partition coefficient (Wildman–Crippen LogP) is 12.3. The Morgan fingerprint density at radius 1 is 0.341 bits per heavy atom. The fourth-order valence-corrected chi connectivity index (χ4v) is 6.76. The zero-order valence-electron chi connectivity index (χ0n) is 24.8. The zero-order valence-corrected chi connectivity index (χ0v) is 24.8. The number of hydrogen-bond donors (Lipinski definition) is 0. The Kier molecular flexibility index (Phi) is 5.49. The van der Waals surface area contributed by atoms with Crippen LogP contribution < -0.4 is 0 Å². The quantitative estimate of drug-likeness (QED) is 0.212. The Bertz CT molecular complexity index is 2360. The minimum atomic E-state index is 0.881. The average molecular weight is 567 g/mol. The minimum Gasteiger partial charge on any atom is -0.456 e. The maximum atomic E-state index is 6.49. The highest BCUT2D eigenvalue weighted by Gasteiger charge is 2.15. The van der Waals surface area contributed by atoms with Gasteiger partial charge in [0.2, 0.25) is 0 Å². The first-order chi connectivity index (χ1) is 21.6. The number of fused-ring (bicyclic) bond motifs is 8. The highest BCUT2D eigenvalue weighted by Crippen LogP contribution is 2.40. The fourth-order valence-electron chi connectivity index (χ4n) is 6.76. The Morgan fingerprint density at radius 2 is 0.705 bits per heavy atom. The van der Waals surface area contributed by atoms with Gasteiger partial charge in [0, 0.05) is 21.5 Å². The lowest BCUT2D eigenvalue weighted by atomic mass is 9.98. The number of rotatable bonds is 4. The molecule has 0 spiro atoms. The van der Waals surface area contributed by atoms with Crippen LogP contribution in [0.25, 0.3) is 87.7 Å². The van der Waals surface area contributed by atoms with E-state index in [0.29, 0.717) is 0 Å². The van der Waals surface area contributed by atoms with Gasteiger partial charge in [-0.3, -0.25) is 0 Å². The minimum absolute atomic E-state index is 0.881. The van der Waals surface area contributed by atoms with Gasteiger partial charge in [-0.05, 0) is 116 Å². The second kappa shape index (κ2) is 9.59. The Morgan fingerprint density at radius 3 is 1.11 bits per heavy atom. The van der Waals surface area contributed by atoms with E-state index >= 15 is 0 Å². The van der Waals surface area contributed by atoms with Crippen molar-refractivity contribution in [3.8, 4) is 22.3 Å². The van der Waals surface area contributed by atoms with E-state index in [1.165, 1.54) is 54.9 Å². The lowest BCUT2D eigenvalue weighted by molar-refractivity contribution is 0.664. The molecule has 0 saturated heterocycles. The lowest BCUT2D eigenvalue weighted by Gasteiger charge is -2.06. The van der Waals surface area contributed by atoms with E-state index in [9.17, 15) is 0 Å². The molecule has 0 radical (unpaired) electrons. The van der Waals surface area contributed by atoms with Gasteiger partial charge in [0.25, 0.3) is 0 Å². The molecule has 0 bridgehead atoms. The zero-order chi connectivity index (χ0) is 29.4. The molecule has 0 aliphatic heterocycles. The van der Waals surface area contributed by atoms with E-state index in [1.54, 1.807) is 0 Å². The molecule has 0 unspecified atom stereocenters. The molecule has 2 heterocycles. The van der Waals surface area contributed by atoms with E-state index in [1.807, 2.05) is 0 Å². The van der Waals surface area contributed by atoms with Crippen LogP contribution in [0.2, 0.25) is 0 Å². The summed E-state index contributed by atoms with van der Waals surface area (Å²) < 4.78 is 13.0. The third-order valence-electron chi connectivity index (χ3n) is 9.37. The molecule has 210 valence electrons. The highest BCUT2D eigenvalue weighted by atomic mass is 16.3. The van der Waals surface area contributed by atoms with Crippen LogP contribution in [0.5, 0.6) is 0 Å². The van der Waals surface area contributed by atoms with E-state index < -0.39 is 0 Å². The summed E-state index contributed by atoms with van der Waals surface area (Å²) in [6.07, 6.45) is 2.10. The molecule has 2 heteroatoms. The molecule has 9 rings (SSSR count). The first kappa shape index (κ1) is 25.2. The summed E-state index contributed by atoms with van der Waals surface area (Å²) in [6.45, 7) is 4.38. The van der Waals surface area contributed by atoms with E-state index in [4.69, 9.17) is 8.83 Å². The summed E-state index contributed by atoms with van der Waals surface area (Å²) in [5.74, 6) is 0. The summed E-state index contributed by atoms with van der Waals surface area (Å²) >= 11 is 0. The third kappa shape index (κ3) is 3.95. The molecule has 0 aliphatic rings. The number of hydrogen-bond acceptors (Lipinski definition) is 2. The Hall–Kier alpha value is -5.34. The lowest BCUT2D eigenvalue weighted by Crippen LogP contribution is -1.82. The van der Waals surface area contributed by atoms with Crippen LogP contribution in [0, 0.1) is 0 Å². The van der Waals surface area contributed by atoms with Crippen LogP contribution in [0.3, 0.4) is 0 Å². The molecule has 0 saturated carbocycles. The molecule has 2 nitrogen and oxygen atoms in total. The van der Waals surface area contributed by atoms with E-state index in [0.717, 1.165) is 56.7 Å². The predicted molar refractivity (Wildman–Crippen MR) is 186 cm³/mol. The van der Waals surface area contributed by atoms with Crippen molar-refractivity contribution in [2.24, 2.45) is 0 Å². The van der Waals surface area contributed by atoms with Crippen molar-refractivity contribution in [2.45, 2.75) is 26.7 Å². The van der Waals surface area contributed by atoms with Crippen LogP contribution in [0.4, 0.5) is 0 Å². The molecule has 0 aliphatic carbocycles. The van der Waals surface area contributed by atoms with Gasteiger partial charge in [-0.25, -0.2) is 0 Å². The maximum Gasteiger partial charge on any atom is 0.136 e. The number of aryl methyl sites for hydroxylation is 2. The topological polar surface area (TPSA) is 26.3 Å². The molecule has 2 aromatic heterocycles. The van der Waals surface area contributed by atoms with Crippen molar-refractivity contribution < 1.29 is 8.83 Å². The molecule has 0 amide bonds. The van der Waals surface area contributed by atoms with Crippen molar-refractivity contribution in [3.05, 3.63) is 132 Å². The van der Waals surface area contributed by atoms with Crippen LogP contribution in [0.15, 0.2) is 130 Å². The summed E-state index contributed by atoms with van der Waals surface area (Å²) in [4.78, 5) is 0. The van der Waals surface area contributed by atoms with Crippen LogP contribution >= 0.6 is 0 Å². The molecule has 0 N–H and O–H groups in total. The SMILES string of the molecule is CCc1ccc(-c2ccc3cc4c(cc3c2)oc2cc3c(cc24)oc2cc4cc(-c5ccc(CC)cc5)ccc4cc23)cc1. The first-order valence-corrected chi connectivity index (χ1v) is 15.5. The van der Waals surface area contributed by atoms with Gasteiger partial charge in [-0.2, -0.15) is 0 Å². The highest BCUT2D eigenvalue weighted by molar-refractivity contribution is 6.18. The number of furan rings is 2. The second-order valence-electron chi connectivity index (χ2n) is 12.0. The van der Waals surface area contributed by atoms with Crippen molar-refractivity contribution in [2.75, 3.05) is 0 Å².